The van der Waals surface area contributed by atoms with Gasteiger partial charge < -0.3 is 33.8 Å². The number of carbonyl (C=O) groups excluding carboxylic acids is 4. The van der Waals surface area contributed by atoms with Crippen LogP contribution in [0.2, 0.25) is 0 Å². The molecule has 500 valence electrons. The van der Waals surface area contributed by atoms with E-state index in [-0.39, 0.29) is 25.7 Å². The van der Waals surface area contributed by atoms with Gasteiger partial charge in [0.15, 0.2) is 12.2 Å². The Morgan fingerprint density at radius 3 is 0.953 bits per heavy atom. The maximum absolute atomic E-state index is 13.0. The highest BCUT2D eigenvalue weighted by Gasteiger charge is 2.30. The van der Waals surface area contributed by atoms with Gasteiger partial charge in [-0.1, -0.05) is 246 Å². The Balaban J connectivity index is 5.24. The normalized spacial score (nSPS) is 14.5. The number of esters is 4. The zero-order valence-corrected chi connectivity index (χ0v) is 56.3. The molecule has 0 aliphatic rings. The minimum absolute atomic E-state index is 0.0946. The lowest BCUT2D eigenvalue weighted by atomic mass is 10.0. The van der Waals surface area contributed by atoms with E-state index in [1.54, 1.807) is 0 Å². The Labute approximate surface area is 516 Å². The monoisotopic (exact) mass is 1250 g/mol. The van der Waals surface area contributed by atoms with Crippen LogP contribution < -0.4 is 0 Å². The average Bonchev–Trinajstić information content (AvgIpc) is 3.56. The first-order valence-corrected chi connectivity index (χ1v) is 36.7. The Bertz CT molecular complexity index is 1770. The number of phosphoric acid groups is 2. The van der Waals surface area contributed by atoms with Gasteiger partial charge in [-0.25, -0.2) is 9.13 Å². The van der Waals surface area contributed by atoms with Crippen LogP contribution >= 0.6 is 15.6 Å². The van der Waals surface area contributed by atoms with Crippen LogP contribution in [0, 0.1) is 17.8 Å². The van der Waals surface area contributed by atoms with Crippen molar-refractivity contribution in [3.05, 3.63) is 24.3 Å². The van der Waals surface area contributed by atoms with Gasteiger partial charge in [0.1, 0.15) is 19.3 Å². The number of carbonyl (C=O) groups is 4. The summed E-state index contributed by atoms with van der Waals surface area (Å²) in [7, 11) is -9.90. The molecule has 0 bridgehead atoms. The predicted molar refractivity (Wildman–Crippen MR) is 340 cm³/mol. The molecule has 0 heterocycles. The highest BCUT2D eigenvalue weighted by atomic mass is 31.2. The smallest absolute Gasteiger partial charge is 0.462 e. The van der Waals surface area contributed by atoms with Gasteiger partial charge in [-0.2, -0.15) is 0 Å². The number of ether oxygens (including phenoxy) is 4. The van der Waals surface area contributed by atoms with Crippen molar-refractivity contribution in [3.8, 4) is 0 Å². The van der Waals surface area contributed by atoms with Gasteiger partial charge in [-0.15, -0.1) is 0 Å². The zero-order valence-electron chi connectivity index (χ0n) is 54.5. The molecule has 0 aliphatic carbocycles. The van der Waals surface area contributed by atoms with E-state index < -0.39 is 97.5 Å². The quantitative estimate of drug-likeness (QED) is 0.0169. The lowest BCUT2D eigenvalue weighted by Gasteiger charge is -2.21. The van der Waals surface area contributed by atoms with Crippen LogP contribution in [0.25, 0.3) is 0 Å². The second-order valence-corrected chi connectivity index (χ2v) is 27.5. The fourth-order valence-electron chi connectivity index (χ4n) is 9.29. The van der Waals surface area contributed by atoms with Gasteiger partial charge in [-0.3, -0.25) is 37.3 Å². The third-order valence-electron chi connectivity index (χ3n) is 14.5. The molecule has 0 aromatic heterocycles. The summed E-state index contributed by atoms with van der Waals surface area (Å²) in [6.07, 6.45) is 41.5. The fraction of sp³-hybridized carbons (Fsp3) is 0.879. The number of hydrogen-bond donors (Lipinski definition) is 3. The summed E-state index contributed by atoms with van der Waals surface area (Å²) < 4.78 is 68.0. The number of allylic oxidation sites excluding steroid dienone is 4. The molecule has 0 aromatic rings. The summed E-state index contributed by atoms with van der Waals surface area (Å²) in [6.45, 7) is 11.5. The molecule has 0 rings (SSSR count). The number of aliphatic hydroxyl groups is 1. The largest absolute Gasteiger partial charge is 0.472 e. The average molecular weight is 1250 g/mol. The standard InChI is InChI=1S/C66H124O17P2/c1-8-9-10-11-12-13-14-15-16-17-18-21-24-33-40-47-63(68)76-53-62(83-66(71)50-43-36-29-27-32-39-46-59(6)7)56-81-85(74,75)79-52-60(67)51-78-84(72,73)80-55-61(54-77-64(69)48-41-34-28-26-31-38-45-58(4)5)82-65(70)49-42-35-25-22-19-20-23-30-37-44-57(2)3/h13-16,57-62,67H,8-12,17-56H2,1-7H3,(H,72,73)(H,74,75)/b14-13-,16-15-/t60-,61+,62+/m0/s1. The van der Waals surface area contributed by atoms with Gasteiger partial charge in [0.05, 0.1) is 26.4 Å². The van der Waals surface area contributed by atoms with Gasteiger partial charge in [0.25, 0.3) is 0 Å². The molecule has 0 saturated heterocycles. The highest BCUT2D eigenvalue weighted by molar-refractivity contribution is 7.47. The molecule has 0 spiro atoms. The van der Waals surface area contributed by atoms with E-state index in [1.807, 2.05) is 0 Å². The Hall–Kier alpha value is -2.46. The number of hydrogen-bond acceptors (Lipinski definition) is 15. The molecule has 3 N–H and O–H groups in total. The minimum atomic E-state index is -4.95. The van der Waals surface area contributed by atoms with Crippen molar-refractivity contribution in [1.82, 2.24) is 0 Å². The van der Waals surface area contributed by atoms with E-state index in [0.29, 0.717) is 37.5 Å². The van der Waals surface area contributed by atoms with Crippen molar-refractivity contribution < 1.29 is 80.2 Å². The van der Waals surface area contributed by atoms with Crippen molar-refractivity contribution >= 4 is 39.5 Å². The summed E-state index contributed by atoms with van der Waals surface area (Å²) in [5, 5.41) is 10.5. The van der Waals surface area contributed by atoms with Crippen LogP contribution in [0.1, 0.15) is 299 Å². The van der Waals surface area contributed by atoms with Crippen LogP contribution in [0.15, 0.2) is 24.3 Å². The number of aliphatic hydroxyl groups excluding tert-OH is 1. The maximum atomic E-state index is 13.0. The number of phosphoric ester groups is 2. The first-order chi connectivity index (χ1) is 40.7. The second kappa shape index (κ2) is 56.8. The molecular formula is C66H124O17P2. The molecule has 0 radical (unpaired) electrons. The van der Waals surface area contributed by atoms with Crippen LogP contribution in [-0.2, 0) is 65.4 Å². The molecule has 0 fully saturated rings. The zero-order chi connectivity index (χ0) is 63.1. The van der Waals surface area contributed by atoms with E-state index in [4.69, 9.17) is 37.0 Å². The van der Waals surface area contributed by atoms with Gasteiger partial charge in [0.2, 0.25) is 0 Å². The van der Waals surface area contributed by atoms with Gasteiger partial charge in [0, 0.05) is 25.7 Å². The molecule has 0 aliphatic heterocycles. The summed E-state index contributed by atoms with van der Waals surface area (Å²) in [4.78, 5) is 72.2. The molecule has 17 nitrogen and oxygen atoms in total. The van der Waals surface area contributed by atoms with Crippen LogP contribution in [-0.4, -0.2) is 96.7 Å². The van der Waals surface area contributed by atoms with E-state index in [0.717, 1.165) is 121 Å². The third-order valence-corrected chi connectivity index (χ3v) is 16.4. The predicted octanol–water partition coefficient (Wildman–Crippen LogP) is 17.8. The van der Waals surface area contributed by atoms with E-state index in [2.05, 4.69) is 72.8 Å². The summed E-state index contributed by atoms with van der Waals surface area (Å²) in [6, 6.07) is 0. The van der Waals surface area contributed by atoms with Crippen molar-refractivity contribution in [2.45, 2.75) is 317 Å². The van der Waals surface area contributed by atoms with E-state index in [9.17, 15) is 43.2 Å². The second-order valence-electron chi connectivity index (χ2n) is 24.6. The molecule has 0 aromatic carbocycles. The molecule has 0 saturated carbocycles. The summed E-state index contributed by atoms with van der Waals surface area (Å²) >= 11 is 0. The van der Waals surface area contributed by atoms with Gasteiger partial charge in [-0.05, 0) is 69.1 Å². The summed E-state index contributed by atoms with van der Waals surface area (Å²) in [5.74, 6) is -0.0918. The molecule has 5 atom stereocenters. The molecule has 0 amide bonds. The van der Waals surface area contributed by atoms with Crippen LogP contribution in [0.5, 0.6) is 0 Å². The SMILES string of the molecule is CCCCCC/C=C\C=C/CCCCCCCC(=O)OC[C@H](COP(=O)(O)OC[C@@H](O)COP(=O)(O)OC[C@@H](COC(=O)CCCCCCCCC(C)C)OC(=O)CCCCCCCCCCCC(C)C)OC(=O)CCCCCCCCC(C)C. The highest BCUT2D eigenvalue weighted by Crippen LogP contribution is 2.45. The molecule has 85 heavy (non-hydrogen) atoms. The topological polar surface area (TPSA) is 237 Å². The minimum Gasteiger partial charge on any atom is -0.462 e. The molecule has 19 heteroatoms. The lowest BCUT2D eigenvalue weighted by Crippen LogP contribution is -2.30. The number of rotatable bonds is 62. The Morgan fingerprint density at radius 2 is 0.635 bits per heavy atom. The van der Waals surface area contributed by atoms with Gasteiger partial charge >= 0.3 is 39.5 Å². The Morgan fingerprint density at radius 1 is 0.365 bits per heavy atom. The van der Waals surface area contributed by atoms with Crippen molar-refractivity contribution in [1.29, 1.82) is 0 Å². The van der Waals surface area contributed by atoms with Crippen molar-refractivity contribution in [2.24, 2.45) is 17.8 Å². The maximum Gasteiger partial charge on any atom is 0.472 e. The Kier molecular flexibility index (Phi) is 55.1. The van der Waals surface area contributed by atoms with Crippen LogP contribution in [0.3, 0.4) is 0 Å². The molecular weight excluding hydrogens is 1130 g/mol. The number of unbranched alkanes of at least 4 members (excludes halogenated alkanes) is 27. The first kappa shape index (κ1) is 82.5. The lowest BCUT2D eigenvalue weighted by molar-refractivity contribution is -0.161. The van der Waals surface area contributed by atoms with E-state index in [1.165, 1.54) is 83.5 Å². The molecule has 2 unspecified atom stereocenters. The van der Waals surface area contributed by atoms with Crippen molar-refractivity contribution in [3.63, 3.8) is 0 Å². The fourth-order valence-corrected chi connectivity index (χ4v) is 10.9. The van der Waals surface area contributed by atoms with E-state index >= 15 is 0 Å². The third kappa shape index (κ3) is 60.2. The van der Waals surface area contributed by atoms with Crippen LogP contribution in [0.4, 0.5) is 0 Å². The summed E-state index contributed by atoms with van der Waals surface area (Å²) in [5.41, 5.74) is 0. The van der Waals surface area contributed by atoms with Crippen molar-refractivity contribution in [2.75, 3.05) is 39.6 Å². The first-order valence-electron chi connectivity index (χ1n) is 33.7.